The lowest BCUT2D eigenvalue weighted by molar-refractivity contribution is -0.137. The summed E-state index contributed by atoms with van der Waals surface area (Å²) < 4.78 is 40.5. The fourth-order valence-electron chi connectivity index (χ4n) is 3.14. The Balaban J connectivity index is 2.05. The van der Waals surface area contributed by atoms with Gasteiger partial charge in [0.1, 0.15) is 0 Å². The molecule has 6 heteroatoms. The van der Waals surface area contributed by atoms with E-state index in [-0.39, 0.29) is 11.6 Å². The summed E-state index contributed by atoms with van der Waals surface area (Å²) in [6.07, 6.45) is 2.41. The molecule has 0 radical (unpaired) electrons. The molecule has 0 spiro atoms. The van der Waals surface area contributed by atoms with E-state index >= 15 is 0 Å². The molecule has 1 aliphatic carbocycles. The highest BCUT2D eigenvalue weighted by Gasteiger charge is 2.33. The Hall–Kier alpha value is -1.56. The van der Waals surface area contributed by atoms with Gasteiger partial charge in [0, 0.05) is 0 Å². The van der Waals surface area contributed by atoms with E-state index in [1.165, 1.54) is 12.5 Å². The van der Waals surface area contributed by atoms with E-state index in [9.17, 15) is 18.3 Å². The molecular weight excluding hydrogens is 281 g/mol. The number of nitrogens with zero attached hydrogens (tertiary/aromatic N) is 2. The zero-order chi connectivity index (χ0) is 15.0. The van der Waals surface area contributed by atoms with E-state index in [0.29, 0.717) is 5.52 Å². The van der Waals surface area contributed by atoms with Crippen LogP contribution in [-0.2, 0) is 6.18 Å². The Morgan fingerprint density at radius 1 is 1.19 bits per heavy atom. The van der Waals surface area contributed by atoms with Crippen LogP contribution >= 0.6 is 0 Å². The smallest absolute Gasteiger partial charge is 0.387 e. The average molecular weight is 298 g/mol. The molecule has 3 rings (SSSR count). The molecule has 21 heavy (non-hydrogen) atoms. The largest absolute Gasteiger partial charge is 0.416 e. The molecule has 1 atom stereocenters. The molecule has 0 bridgehead atoms. The van der Waals surface area contributed by atoms with Crippen molar-refractivity contribution < 1.29 is 18.3 Å². The van der Waals surface area contributed by atoms with E-state index in [0.717, 1.165) is 44.2 Å². The number of alkyl halides is 3. The minimum Gasteiger partial charge on any atom is -0.387 e. The van der Waals surface area contributed by atoms with Gasteiger partial charge in [-0.3, -0.25) is 0 Å². The van der Waals surface area contributed by atoms with Crippen molar-refractivity contribution in [2.24, 2.45) is 5.92 Å². The van der Waals surface area contributed by atoms with Crippen molar-refractivity contribution in [3.8, 4) is 0 Å². The quantitative estimate of drug-likeness (QED) is 0.911. The summed E-state index contributed by atoms with van der Waals surface area (Å²) in [6.45, 7) is 0. The van der Waals surface area contributed by atoms with Crippen LogP contribution in [0.1, 0.15) is 49.5 Å². The molecule has 1 aliphatic rings. The van der Waals surface area contributed by atoms with E-state index < -0.39 is 17.8 Å². The van der Waals surface area contributed by atoms with Crippen molar-refractivity contribution >= 4 is 5.52 Å². The topological polar surface area (TPSA) is 37.5 Å². The van der Waals surface area contributed by atoms with Crippen LogP contribution in [0.5, 0.6) is 0 Å². The molecule has 0 unspecified atom stereocenters. The van der Waals surface area contributed by atoms with Crippen molar-refractivity contribution in [1.82, 2.24) is 9.38 Å². The van der Waals surface area contributed by atoms with Gasteiger partial charge in [-0.1, -0.05) is 19.3 Å². The molecule has 2 aromatic rings. The van der Waals surface area contributed by atoms with Gasteiger partial charge in [-0.15, -0.1) is 0 Å². The predicted molar refractivity (Wildman–Crippen MR) is 71.7 cm³/mol. The minimum absolute atomic E-state index is 0.0211. The summed E-state index contributed by atoms with van der Waals surface area (Å²) in [6, 6.07) is 2.11. The molecule has 1 N–H and O–H groups in total. The molecule has 0 amide bonds. The van der Waals surface area contributed by atoms with Crippen LogP contribution < -0.4 is 0 Å². The number of halogens is 3. The minimum atomic E-state index is -4.42. The molecule has 0 aromatic carbocycles. The molecule has 2 aromatic heterocycles. The van der Waals surface area contributed by atoms with E-state index in [2.05, 4.69) is 4.98 Å². The van der Waals surface area contributed by atoms with Crippen LogP contribution in [0, 0.1) is 5.92 Å². The third-order valence-electron chi connectivity index (χ3n) is 4.28. The predicted octanol–water partition coefficient (Wildman–Crippen LogP) is 3.97. The van der Waals surface area contributed by atoms with E-state index in [1.54, 1.807) is 4.40 Å². The standard InChI is InChI=1S/C15H17F3N2O/c16-15(17,18)11-6-12-8-19-9-20(12)13(7-11)14(21)10-4-2-1-3-5-10/h6-10,14,21H,1-5H2/t14-/m0/s1. The monoisotopic (exact) mass is 298 g/mol. The van der Waals surface area contributed by atoms with Crippen molar-refractivity contribution in [3.05, 3.63) is 35.9 Å². The maximum atomic E-state index is 13.0. The summed E-state index contributed by atoms with van der Waals surface area (Å²) in [5, 5.41) is 10.5. The Bertz CT molecular complexity index is 629. The molecule has 3 nitrogen and oxygen atoms in total. The normalized spacial score (nSPS) is 19.0. The Morgan fingerprint density at radius 2 is 1.90 bits per heavy atom. The molecular formula is C15H17F3N2O. The first kappa shape index (κ1) is 14.4. The van der Waals surface area contributed by atoms with Gasteiger partial charge in [-0.2, -0.15) is 13.2 Å². The molecule has 0 aliphatic heterocycles. The van der Waals surface area contributed by atoms with Gasteiger partial charge < -0.3 is 9.51 Å². The zero-order valence-electron chi connectivity index (χ0n) is 11.5. The fraction of sp³-hybridized carbons (Fsp3) is 0.533. The second-order valence-corrected chi connectivity index (χ2v) is 5.70. The van der Waals surface area contributed by atoms with Gasteiger partial charge in [0.25, 0.3) is 0 Å². The summed E-state index contributed by atoms with van der Waals surface area (Å²) in [5.41, 5.74) is -0.0979. The van der Waals surface area contributed by atoms with E-state index in [4.69, 9.17) is 0 Å². The number of fused-ring (bicyclic) bond motifs is 1. The number of aliphatic hydroxyl groups is 1. The highest BCUT2D eigenvalue weighted by Crippen LogP contribution is 2.37. The van der Waals surface area contributed by atoms with Crippen molar-refractivity contribution in [3.63, 3.8) is 0 Å². The first-order valence-electron chi connectivity index (χ1n) is 7.18. The van der Waals surface area contributed by atoms with Crippen LogP contribution in [0.25, 0.3) is 5.52 Å². The van der Waals surface area contributed by atoms with Crippen LogP contribution in [0.2, 0.25) is 0 Å². The first-order chi connectivity index (χ1) is 9.97. The second kappa shape index (κ2) is 5.33. The Morgan fingerprint density at radius 3 is 2.57 bits per heavy atom. The van der Waals surface area contributed by atoms with Crippen LogP contribution in [-0.4, -0.2) is 14.5 Å². The van der Waals surface area contributed by atoms with Gasteiger partial charge >= 0.3 is 6.18 Å². The maximum Gasteiger partial charge on any atom is 0.416 e. The third-order valence-corrected chi connectivity index (χ3v) is 4.28. The molecule has 114 valence electrons. The summed E-state index contributed by atoms with van der Waals surface area (Å²) in [7, 11) is 0. The first-order valence-corrected chi connectivity index (χ1v) is 7.18. The van der Waals surface area contributed by atoms with Gasteiger partial charge in [-0.05, 0) is 30.9 Å². The van der Waals surface area contributed by atoms with Crippen LogP contribution in [0.4, 0.5) is 13.2 Å². The highest BCUT2D eigenvalue weighted by molar-refractivity contribution is 5.50. The number of pyridine rings is 1. The molecule has 1 fully saturated rings. The maximum absolute atomic E-state index is 13.0. The number of aliphatic hydroxyl groups excluding tert-OH is 1. The third kappa shape index (κ3) is 2.77. The molecule has 1 saturated carbocycles. The number of rotatable bonds is 2. The number of aromatic nitrogens is 2. The van der Waals surface area contributed by atoms with Crippen molar-refractivity contribution in [1.29, 1.82) is 0 Å². The van der Waals surface area contributed by atoms with Gasteiger partial charge in [0.2, 0.25) is 0 Å². The lowest BCUT2D eigenvalue weighted by Gasteiger charge is -2.27. The average Bonchev–Trinajstić information content (AvgIpc) is 2.94. The SMILES string of the molecule is O[C@H](c1cc(C(F)(F)F)cc2cncn12)C1CCCCC1. The van der Waals surface area contributed by atoms with Gasteiger partial charge in [-0.25, -0.2) is 4.98 Å². The Kier molecular flexibility index (Phi) is 3.65. The second-order valence-electron chi connectivity index (χ2n) is 5.70. The van der Waals surface area contributed by atoms with Crippen LogP contribution in [0.3, 0.4) is 0 Å². The Labute approximate surface area is 120 Å². The van der Waals surface area contributed by atoms with E-state index in [1.807, 2.05) is 0 Å². The van der Waals surface area contributed by atoms with Crippen LogP contribution in [0.15, 0.2) is 24.7 Å². The van der Waals surface area contributed by atoms with Gasteiger partial charge in [0.05, 0.1) is 35.4 Å². The lowest BCUT2D eigenvalue weighted by Crippen LogP contribution is -2.19. The number of hydrogen-bond donors (Lipinski definition) is 1. The number of hydrogen-bond acceptors (Lipinski definition) is 2. The summed E-state index contributed by atoms with van der Waals surface area (Å²) in [4.78, 5) is 3.90. The highest BCUT2D eigenvalue weighted by atomic mass is 19.4. The molecule has 0 saturated heterocycles. The van der Waals surface area contributed by atoms with Gasteiger partial charge in [0.15, 0.2) is 0 Å². The van der Waals surface area contributed by atoms with Crippen molar-refractivity contribution in [2.45, 2.75) is 44.4 Å². The molecule has 2 heterocycles. The number of imidazole rings is 1. The zero-order valence-corrected chi connectivity index (χ0v) is 11.5. The van der Waals surface area contributed by atoms with Crippen molar-refractivity contribution in [2.75, 3.05) is 0 Å². The summed E-state index contributed by atoms with van der Waals surface area (Å²) in [5.74, 6) is 0.0211. The summed E-state index contributed by atoms with van der Waals surface area (Å²) >= 11 is 0. The fourth-order valence-corrected chi connectivity index (χ4v) is 3.14. The lowest BCUT2D eigenvalue weighted by atomic mass is 9.84.